The van der Waals surface area contributed by atoms with E-state index < -0.39 is 11.8 Å². The average Bonchev–Trinajstić information content (AvgIpc) is 2.84. The molecule has 2 rings (SSSR count). The molecule has 0 atom stereocenters. The Balaban J connectivity index is 2.21. The van der Waals surface area contributed by atoms with E-state index in [4.69, 9.17) is 23.2 Å². The van der Waals surface area contributed by atoms with E-state index in [0.717, 1.165) is 22.6 Å². The molecule has 2 amide bonds. The molecule has 2 N–H and O–H groups in total. The lowest BCUT2D eigenvalue weighted by Crippen LogP contribution is -2.41. The minimum absolute atomic E-state index is 0.126. The van der Waals surface area contributed by atoms with Gasteiger partial charge in [-0.3, -0.25) is 9.59 Å². The third kappa shape index (κ3) is 4.45. The van der Waals surface area contributed by atoms with Crippen LogP contribution in [0.4, 0.5) is 0 Å². The zero-order chi connectivity index (χ0) is 19.4. The predicted molar refractivity (Wildman–Crippen MR) is 104 cm³/mol. The molecule has 0 saturated carbocycles. The van der Waals surface area contributed by atoms with E-state index in [1.54, 1.807) is 19.9 Å². The molecule has 2 aromatic rings. The van der Waals surface area contributed by atoms with Crippen molar-refractivity contribution in [3.8, 4) is 5.69 Å². The van der Waals surface area contributed by atoms with Crippen molar-refractivity contribution in [1.29, 1.82) is 0 Å². The predicted octanol–water partition coefficient (Wildman–Crippen LogP) is 3.38. The topological polar surface area (TPSA) is 75.5 Å². The number of hydrazone groups is 1. The van der Waals surface area contributed by atoms with Gasteiger partial charge in [-0.05, 0) is 45.9 Å². The molecule has 1 heterocycles. The minimum atomic E-state index is -0.818. The van der Waals surface area contributed by atoms with Crippen LogP contribution in [-0.4, -0.2) is 28.6 Å². The number of hydrogen-bond acceptors (Lipinski definition) is 3. The summed E-state index contributed by atoms with van der Waals surface area (Å²) in [6.07, 6.45) is 1.48. The molecule has 0 aliphatic carbocycles. The third-order valence-corrected chi connectivity index (χ3v) is 4.45. The van der Waals surface area contributed by atoms with E-state index in [1.807, 2.05) is 36.6 Å². The molecule has 0 fully saturated rings. The summed E-state index contributed by atoms with van der Waals surface area (Å²) in [7, 11) is 0. The van der Waals surface area contributed by atoms with Crippen LogP contribution in [-0.2, 0) is 9.59 Å². The van der Waals surface area contributed by atoms with E-state index in [-0.39, 0.29) is 6.04 Å². The molecule has 1 aromatic heterocycles. The van der Waals surface area contributed by atoms with Crippen LogP contribution in [0.25, 0.3) is 5.69 Å². The Morgan fingerprint density at radius 3 is 2.54 bits per heavy atom. The number of carbonyl (C=O) groups excluding carboxylic acids is 2. The number of aromatic nitrogens is 1. The molecule has 138 valence electrons. The summed E-state index contributed by atoms with van der Waals surface area (Å²) in [6, 6.07) is 7.19. The Bertz CT molecular complexity index is 872. The number of amides is 2. The molecule has 0 bridgehead atoms. The lowest BCUT2D eigenvalue weighted by atomic mass is 10.2. The molecule has 0 aliphatic heterocycles. The highest BCUT2D eigenvalue weighted by Gasteiger charge is 2.15. The van der Waals surface area contributed by atoms with Gasteiger partial charge in [0.1, 0.15) is 0 Å². The summed E-state index contributed by atoms with van der Waals surface area (Å²) >= 11 is 12.4. The van der Waals surface area contributed by atoms with Gasteiger partial charge in [0.05, 0.1) is 21.9 Å². The quantitative estimate of drug-likeness (QED) is 0.473. The van der Waals surface area contributed by atoms with Crippen molar-refractivity contribution in [2.45, 2.75) is 33.7 Å². The van der Waals surface area contributed by atoms with Crippen LogP contribution in [0.5, 0.6) is 0 Å². The van der Waals surface area contributed by atoms with Gasteiger partial charge in [0, 0.05) is 23.0 Å². The number of benzene rings is 1. The molecule has 0 aliphatic rings. The fourth-order valence-corrected chi connectivity index (χ4v) is 2.87. The van der Waals surface area contributed by atoms with Gasteiger partial charge in [-0.25, -0.2) is 5.43 Å². The number of nitrogens with one attached hydrogen (secondary N) is 2. The van der Waals surface area contributed by atoms with Gasteiger partial charge in [0.2, 0.25) is 0 Å². The Kier molecular flexibility index (Phi) is 6.45. The highest BCUT2D eigenvalue weighted by atomic mass is 35.5. The largest absolute Gasteiger partial charge is 0.346 e. The van der Waals surface area contributed by atoms with Crippen molar-refractivity contribution >= 4 is 41.2 Å². The normalized spacial score (nSPS) is 11.2. The van der Waals surface area contributed by atoms with Crippen molar-refractivity contribution in [2.24, 2.45) is 5.10 Å². The number of hydrogen-bond donors (Lipinski definition) is 2. The van der Waals surface area contributed by atoms with Gasteiger partial charge in [0.15, 0.2) is 0 Å². The van der Waals surface area contributed by atoms with Crippen LogP contribution in [0.1, 0.15) is 30.8 Å². The molecule has 0 saturated heterocycles. The van der Waals surface area contributed by atoms with Crippen LogP contribution < -0.4 is 10.7 Å². The molecule has 0 spiro atoms. The van der Waals surface area contributed by atoms with Crippen LogP contribution in [0.3, 0.4) is 0 Å². The molecule has 6 nitrogen and oxygen atoms in total. The number of carbonyl (C=O) groups is 2. The maximum absolute atomic E-state index is 11.7. The van der Waals surface area contributed by atoms with Crippen molar-refractivity contribution < 1.29 is 9.59 Å². The second-order valence-corrected chi connectivity index (χ2v) is 6.85. The molecule has 0 unspecified atom stereocenters. The van der Waals surface area contributed by atoms with Gasteiger partial charge in [0.25, 0.3) is 0 Å². The second kappa shape index (κ2) is 8.38. The lowest BCUT2D eigenvalue weighted by molar-refractivity contribution is -0.139. The Morgan fingerprint density at radius 2 is 1.88 bits per heavy atom. The summed E-state index contributed by atoms with van der Waals surface area (Å²) in [5.41, 5.74) is 5.55. The highest BCUT2D eigenvalue weighted by Crippen LogP contribution is 2.31. The first-order valence-electron chi connectivity index (χ1n) is 7.99. The molecule has 0 radical (unpaired) electrons. The first kappa shape index (κ1) is 20.0. The minimum Gasteiger partial charge on any atom is -0.346 e. The Morgan fingerprint density at radius 1 is 1.19 bits per heavy atom. The molecule has 26 heavy (non-hydrogen) atoms. The first-order valence-corrected chi connectivity index (χ1v) is 8.75. The molecule has 1 aromatic carbocycles. The molecular weight excluding hydrogens is 375 g/mol. The smallest absolute Gasteiger partial charge is 0.329 e. The maximum Gasteiger partial charge on any atom is 0.329 e. The van der Waals surface area contributed by atoms with Crippen LogP contribution in [0.2, 0.25) is 10.0 Å². The monoisotopic (exact) mass is 394 g/mol. The number of nitrogens with zero attached hydrogens (tertiary/aromatic N) is 2. The second-order valence-electron chi connectivity index (χ2n) is 6.06. The third-order valence-electron chi connectivity index (χ3n) is 3.64. The van der Waals surface area contributed by atoms with Gasteiger partial charge in [-0.2, -0.15) is 5.10 Å². The standard InChI is InChI=1S/C18H20Cl2N4O2/c1-10(2)22-17(25)18(26)23-21-9-13-8-11(3)24(12(13)4)15-7-5-6-14(19)16(15)20/h5-10H,1-4H3,(H,22,25)(H,23,26)/b21-9-. The molecular formula is C18H20Cl2N4O2. The fourth-order valence-electron chi connectivity index (χ4n) is 2.49. The number of aryl methyl sites for hydroxylation is 1. The zero-order valence-corrected chi connectivity index (χ0v) is 16.4. The number of halogens is 2. The zero-order valence-electron chi connectivity index (χ0n) is 14.9. The van der Waals surface area contributed by atoms with Crippen LogP contribution in [0.15, 0.2) is 29.4 Å². The van der Waals surface area contributed by atoms with E-state index in [0.29, 0.717) is 10.0 Å². The Hall–Kier alpha value is -2.31. The summed E-state index contributed by atoms with van der Waals surface area (Å²) in [5.74, 6) is -1.55. The molecule has 8 heteroatoms. The summed E-state index contributed by atoms with van der Waals surface area (Å²) in [5, 5.41) is 7.28. The van der Waals surface area contributed by atoms with Gasteiger partial charge >= 0.3 is 11.8 Å². The number of rotatable bonds is 4. The van der Waals surface area contributed by atoms with Crippen molar-refractivity contribution in [2.75, 3.05) is 0 Å². The summed E-state index contributed by atoms with van der Waals surface area (Å²) < 4.78 is 1.95. The van der Waals surface area contributed by atoms with Crippen molar-refractivity contribution in [1.82, 2.24) is 15.3 Å². The lowest BCUT2D eigenvalue weighted by Gasteiger charge is -2.12. The summed E-state index contributed by atoms with van der Waals surface area (Å²) in [6.45, 7) is 7.36. The Labute approximate surface area is 162 Å². The van der Waals surface area contributed by atoms with Gasteiger partial charge < -0.3 is 9.88 Å². The van der Waals surface area contributed by atoms with Gasteiger partial charge in [-0.15, -0.1) is 0 Å². The van der Waals surface area contributed by atoms with Crippen LogP contribution in [0, 0.1) is 13.8 Å². The van der Waals surface area contributed by atoms with E-state index in [1.165, 1.54) is 6.21 Å². The highest BCUT2D eigenvalue weighted by molar-refractivity contribution is 6.43. The van der Waals surface area contributed by atoms with Crippen molar-refractivity contribution in [3.63, 3.8) is 0 Å². The maximum atomic E-state index is 11.7. The van der Waals surface area contributed by atoms with E-state index in [2.05, 4.69) is 15.8 Å². The average molecular weight is 395 g/mol. The van der Waals surface area contributed by atoms with Gasteiger partial charge in [-0.1, -0.05) is 29.3 Å². The fraction of sp³-hybridized carbons (Fsp3) is 0.278. The van der Waals surface area contributed by atoms with Crippen molar-refractivity contribution in [3.05, 3.63) is 51.3 Å². The van der Waals surface area contributed by atoms with Crippen LogP contribution >= 0.6 is 23.2 Å². The van der Waals surface area contributed by atoms with E-state index in [9.17, 15) is 9.59 Å². The van der Waals surface area contributed by atoms with E-state index >= 15 is 0 Å². The first-order chi connectivity index (χ1) is 12.2. The summed E-state index contributed by atoms with van der Waals surface area (Å²) in [4.78, 5) is 23.2. The SMILES string of the molecule is Cc1cc(/C=N\NC(=O)C(=O)NC(C)C)c(C)n1-c1cccc(Cl)c1Cl.